The van der Waals surface area contributed by atoms with Gasteiger partial charge in [-0.3, -0.25) is 9.59 Å². The minimum absolute atomic E-state index is 0.00588. The van der Waals surface area contributed by atoms with E-state index in [4.69, 9.17) is 16.3 Å². The van der Waals surface area contributed by atoms with Crippen molar-refractivity contribution in [3.63, 3.8) is 0 Å². The van der Waals surface area contributed by atoms with Crippen LogP contribution in [0, 0.1) is 0 Å². The van der Waals surface area contributed by atoms with Gasteiger partial charge in [0.15, 0.2) is 0 Å². The highest BCUT2D eigenvalue weighted by Crippen LogP contribution is 2.45. The molecule has 0 saturated carbocycles. The number of amides is 2. The molecule has 6 rings (SSSR count). The number of benzene rings is 4. The smallest absolute Gasteiger partial charge is 0.227 e. The van der Waals surface area contributed by atoms with Crippen molar-refractivity contribution in [3.05, 3.63) is 71.8 Å². The molecule has 0 radical (unpaired) electrons. The van der Waals surface area contributed by atoms with Crippen molar-refractivity contribution >= 4 is 56.3 Å². The number of fused-ring (bicyclic) bond motifs is 6. The summed E-state index contributed by atoms with van der Waals surface area (Å²) in [5.41, 5.74) is 3.79. The van der Waals surface area contributed by atoms with Crippen LogP contribution in [0.25, 0.3) is 21.5 Å². The summed E-state index contributed by atoms with van der Waals surface area (Å²) in [6.45, 7) is 1.11. The highest BCUT2D eigenvalue weighted by molar-refractivity contribution is 6.19. The van der Waals surface area contributed by atoms with Crippen molar-refractivity contribution in [3.8, 4) is 11.5 Å². The molecule has 0 bridgehead atoms. The predicted molar refractivity (Wildman–Crippen MR) is 152 cm³/mol. The first kappa shape index (κ1) is 24.6. The van der Waals surface area contributed by atoms with Gasteiger partial charge < -0.3 is 19.6 Å². The number of aromatic hydroxyl groups is 1. The Bertz CT molecular complexity index is 1580. The van der Waals surface area contributed by atoms with Gasteiger partial charge in [0.2, 0.25) is 11.8 Å². The lowest BCUT2D eigenvalue weighted by Gasteiger charge is -2.20. The van der Waals surface area contributed by atoms with Crippen LogP contribution in [0.3, 0.4) is 0 Å². The van der Waals surface area contributed by atoms with Crippen molar-refractivity contribution in [1.29, 1.82) is 0 Å². The summed E-state index contributed by atoms with van der Waals surface area (Å²) in [4.78, 5) is 30.1. The van der Waals surface area contributed by atoms with E-state index in [1.54, 1.807) is 18.1 Å². The zero-order valence-electron chi connectivity index (χ0n) is 21.2. The molecule has 4 aromatic rings. The lowest BCUT2D eigenvalue weighted by molar-refractivity contribution is -0.119. The number of carbonyl (C=O) groups is 2. The van der Waals surface area contributed by atoms with E-state index in [1.165, 1.54) is 5.56 Å². The molecule has 0 saturated heterocycles. The summed E-state index contributed by atoms with van der Waals surface area (Å²) >= 11 is 6.30. The first-order valence-electron chi connectivity index (χ1n) is 13.0. The molecule has 2 heterocycles. The molecule has 4 aromatic carbocycles. The largest absolute Gasteiger partial charge is 0.507 e. The van der Waals surface area contributed by atoms with E-state index in [1.807, 2.05) is 53.4 Å². The fourth-order valence-electron chi connectivity index (χ4n) is 6.11. The molecule has 0 unspecified atom stereocenters. The summed E-state index contributed by atoms with van der Waals surface area (Å²) in [6.07, 6.45) is 1.77. The first-order valence-corrected chi connectivity index (χ1v) is 13.5. The van der Waals surface area contributed by atoms with Gasteiger partial charge in [-0.2, -0.15) is 0 Å². The van der Waals surface area contributed by atoms with Gasteiger partial charge in [-0.15, -0.1) is 11.6 Å². The Balaban J connectivity index is 1.17. The standard InChI is InChI=1S/C31H29ClN2O4/c1-38-28-16-25-21(20-7-2-4-9-23(20)28)13-14-33(25)29(36)11-6-12-30(37)34-18-19(17-32)31-24-10-5-3-8-22(24)27(35)15-26(31)34/h2-5,7-10,15-16,19,35H,6,11-14,17-18H2,1H3/t19-/m1/s1. The zero-order valence-corrected chi connectivity index (χ0v) is 22.0. The molecule has 2 aliphatic heterocycles. The molecule has 0 aliphatic carbocycles. The third-order valence-electron chi connectivity index (χ3n) is 7.91. The Hall–Kier alpha value is -3.77. The van der Waals surface area contributed by atoms with Gasteiger partial charge in [0.05, 0.1) is 18.5 Å². The zero-order chi connectivity index (χ0) is 26.4. The van der Waals surface area contributed by atoms with Gasteiger partial charge in [-0.05, 0) is 34.7 Å². The number of rotatable bonds is 6. The topological polar surface area (TPSA) is 70.1 Å². The molecule has 6 nitrogen and oxygen atoms in total. The first-order chi connectivity index (χ1) is 18.5. The van der Waals surface area contributed by atoms with Crippen molar-refractivity contribution < 1.29 is 19.4 Å². The Morgan fingerprint density at radius 3 is 2.29 bits per heavy atom. The van der Waals surface area contributed by atoms with E-state index in [9.17, 15) is 14.7 Å². The number of halogens is 1. The number of hydrogen-bond donors (Lipinski definition) is 1. The van der Waals surface area contributed by atoms with Crippen LogP contribution in [-0.2, 0) is 16.0 Å². The molecule has 2 aliphatic rings. The molecule has 2 amide bonds. The van der Waals surface area contributed by atoms with Gasteiger partial charge in [0.1, 0.15) is 11.5 Å². The number of nitrogens with zero attached hydrogens (tertiary/aromatic N) is 2. The van der Waals surface area contributed by atoms with Gasteiger partial charge in [0.25, 0.3) is 0 Å². The van der Waals surface area contributed by atoms with E-state index in [2.05, 4.69) is 6.07 Å². The quantitative estimate of drug-likeness (QED) is 0.305. The average Bonchev–Trinajstić information content (AvgIpc) is 3.54. The maximum atomic E-state index is 13.3. The maximum Gasteiger partial charge on any atom is 0.227 e. The second-order valence-electron chi connectivity index (χ2n) is 10.0. The minimum atomic E-state index is -0.0594. The van der Waals surface area contributed by atoms with Crippen LogP contribution >= 0.6 is 11.6 Å². The van der Waals surface area contributed by atoms with Crippen molar-refractivity contribution in [1.82, 2.24) is 0 Å². The summed E-state index contributed by atoms with van der Waals surface area (Å²) < 4.78 is 5.62. The SMILES string of the molecule is COc1cc2c(c3ccccc13)CCN2C(=O)CCCC(=O)N1C[C@@H](CCl)c2c1cc(O)c1ccccc21. The second kappa shape index (κ2) is 9.84. The number of hydrogen-bond acceptors (Lipinski definition) is 4. The van der Waals surface area contributed by atoms with Crippen LogP contribution in [-0.4, -0.2) is 43.0 Å². The number of phenols is 1. The number of ether oxygens (including phenoxy) is 1. The molecule has 1 atom stereocenters. The van der Waals surface area contributed by atoms with E-state index in [0.29, 0.717) is 25.4 Å². The molecule has 7 heteroatoms. The summed E-state index contributed by atoms with van der Waals surface area (Å²) in [5.74, 6) is 1.24. The molecule has 1 N–H and O–H groups in total. The predicted octanol–water partition coefficient (Wildman–Crippen LogP) is 6.14. The van der Waals surface area contributed by atoms with Crippen LogP contribution in [0.5, 0.6) is 11.5 Å². The highest BCUT2D eigenvalue weighted by Gasteiger charge is 2.34. The minimum Gasteiger partial charge on any atom is -0.507 e. The summed E-state index contributed by atoms with van der Waals surface area (Å²) in [7, 11) is 1.65. The van der Waals surface area contributed by atoms with Crippen molar-refractivity contribution in [2.45, 2.75) is 31.6 Å². The molecule has 0 spiro atoms. The number of methoxy groups -OCH3 is 1. The lowest BCUT2D eigenvalue weighted by Crippen LogP contribution is -2.31. The Morgan fingerprint density at radius 2 is 1.58 bits per heavy atom. The molecular formula is C31H29ClN2O4. The van der Waals surface area contributed by atoms with Crippen LogP contribution in [0.4, 0.5) is 11.4 Å². The third-order valence-corrected chi connectivity index (χ3v) is 8.28. The van der Waals surface area contributed by atoms with Crippen LogP contribution in [0.15, 0.2) is 60.7 Å². The maximum absolute atomic E-state index is 13.3. The average molecular weight is 529 g/mol. The monoisotopic (exact) mass is 528 g/mol. The van der Waals surface area contributed by atoms with E-state index in [0.717, 1.165) is 50.7 Å². The molecule has 194 valence electrons. The summed E-state index contributed by atoms with van der Waals surface area (Å²) in [5, 5.41) is 14.5. The molecule has 0 fully saturated rings. The Morgan fingerprint density at radius 1 is 0.921 bits per heavy atom. The fraction of sp³-hybridized carbons (Fsp3) is 0.290. The number of phenolic OH excluding ortho intramolecular Hbond substituents is 1. The fourth-order valence-corrected chi connectivity index (χ4v) is 6.37. The van der Waals surface area contributed by atoms with E-state index in [-0.39, 0.29) is 36.3 Å². The Kier molecular flexibility index (Phi) is 6.36. The summed E-state index contributed by atoms with van der Waals surface area (Å²) in [6, 6.07) is 19.4. The number of alkyl halides is 1. The van der Waals surface area contributed by atoms with Crippen LogP contribution < -0.4 is 14.5 Å². The van der Waals surface area contributed by atoms with Crippen LogP contribution in [0.2, 0.25) is 0 Å². The molecular weight excluding hydrogens is 500 g/mol. The number of anilines is 2. The van der Waals surface area contributed by atoms with E-state index >= 15 is 0 Å². The third kappa shape index (κ3) is 3.95. The van der Waals surface area contributed by atoms with Crippen molar-refractivity contribution in [2.24, 2.45) is 0 Å². The normalized spacial score (nSPS) is 16.2. The van der Waals surface area contributed by atoms with Gasteiger partial charge >= 0.3 is 0 Å². The van der Waals surface area contributed by atoms with Gasteiger partial charge in [-0.25, -0.2) is 0 Å². The van der Waals surface area contributed by atoms with Gasteiger partial charge in [0, 0.05) is 60.6 Å². The van der Waals surface area contributed by atoms with Crippen LogP contribution in [0.1, 0.15) is 36.3 Å². The molecule has 38 heavy (non-hydrogen) atoms. The second-order valence-corrected chi connectivity index (χ2v) is 10.3. The molecule has 0 aromatic heterocycles. The Labute approximate surface area is 226 Å². The lowest BCUT2D eigenvalue weighted by atomic mass is 9.95. The number of carbonyl (C=O) groups excluding carboxylic acids is 2. The van der Waals surface area contributed by atoms with Gasteiger partial charge in [-0.1, -0.05) is 48.5 Å². The van der Waals surface area contributed by atoms with E-state index < -0.39 is 0 Å². The van der Waals surface area contributed by atoms with Crippen molar-refractivity contribution in [2.75, 3.05) is 35.9 Å². The highest BCUT2D eigenvalue weighted by atomic mass is 35.5.